The smallest absolute Gasteiger partial charge is 0.375 e. The zero-order valence-corrected chi connectivity index (χ0v) is 20.4. The molecule has 2 aromatic carbocycles. The Morgan fingerprint density at radius 1 is 0.971 bits per heavy atom. The van der Waals surface area contributed by atoms with Gasteiger partial charge in [0.15, 0.2) is 0 Å². The van der Waals surface area contributed by atoms with Crippen molar-refractivity contribution in [3.63, 3.8) is 0 Å². The largest absolute Gasteiger partial charge is 0.497 e. The van der Waals surface area contributed by atoms with E-state index in [2.05, 4.69) is 6.08 Å². The van der Waals surface area contributed by atoms with E-state index in [9.17, 15) is 9.59 Å². The van der Waals surface area contributed by atoms with Crippen LogP contribution in [0.4, 0.5) is 0 Å². The summed E-state index contributed by atoms with van der Waals surface area (Å²) < 4.78 is 27.0. The van der Waals surface area contributed by atoms with Crippen LogP contribution in [-0.2, 0) is 36.6 Å². The second kappa shape index (κ2) is 10.5. The molecule has 7 heteroatoms. The van der Waals surface area contributed by atoms with E-state index in [-0.39, 0.29) is 12.2 Å². The molecule has 0 aromatic heterocycles. The summed E-state index contributed by atoms with van der Waals surface area (Å²) in [5.41, 5.74) is 2.10. The SMILES string of the molecule is COC(=O)[C@]1(Cc2ccc(OC)c(CC=C(C)C)c2)OC(=O)C(OC)=C1c1ccc(OC)cc1. The van der Waals surface area contributed by atoms with Crippen LogP contribution in [-0.4, -0.2) is 46.0 Å². The van der Waals surface area contributed by atoms with Gasteiger partial charge in [-0.1, -0.05) is 35.9 Å². The van der Waals surface area contributed by atoms with E-state index in [4.69, 9.17) is 23.7 Å². The van der Waals surface area contributed by atoms with E-state index in [0.29, 0.717) is 23.3 Å². The summed E-state index contributed by atoms with van der Waals surface area (Å²) in [6.45, 7) is 4.05. The monoisotopic (exact) mass is 466 g/mol. The Morgan fingerprint density at radius 2 is 1.68 bits per heavy atom. The molecule has 0 N–H and O–H groups in total. The van der Waals surface area contributed by atoms with Gasteiger partial charge < -0.3 is 23.7 Å². The number of cyclic esters (lactones) is 1. The van der Waals surface area contributed by atoms with Crippen LogP contribution >= 0.6 is 0 Å². The third-order valence-corrected chi connectivity index (χ3v) is 5.71. The zero-order valence-electron chi connectivity index (χ0n) is 20.4. The van der Waals surface area contributed by atoms with Crippen molar-refractivity contribution in [1.82, 2.24) is 0 Å². The minimum absolute atomic E-state index is 0.0335. The highest BCUT2D eigenvalue weighted by atomic mass is 16.6. The molecule has 0 saturated heterocycles. The summed E-state index contributed by atoms with van der Waals surface area (Å²) in [4.78, 5) is 26.0. The Hall–Kier alpha value is -3.74. The maximum Gasteiger partial charge on any atom is 0.375 e. The molecule has 1 aliphatic heterocycles. The van der Waals surface area contributed by atoms with Crippen LogP contribution in [0.5, 0.6) is 11.5 Å². The summed E-state index contributed by atoms with van der Waals surface area (Å²) in [6.07, 6.45) is 2.82. The highest BCUT2D eigenvalue weighted by Gasteiger charge is 2.56. The lowest BCUT2D eigenvalue weighted by Gasteiger charge is -2.28. The third-order valence-electron chi connectivity index (χ3n) is 5.71. The minimum atomic E-state index is -1.71. The van der Waals surface area contributed by atoms with Crippen LogP contribution < -0.4 is 9.47 Å². The normalized spacial score (nSPS) is 17.2. The Kier molecular flexibility index (Phi) is 7.66. The first kappa shape index (κ1) is 24.9. The van der Waals surface area contributed by atoms with Gasteiger partial charge in [-0.25, -0.2) is 9.59 Å². The predicted octanol–water partition coefficient (Wildman–Crippen LogP) is 4.28. The fraction of sp³-hybridized carbons (Fsp3) is 0.333. The molecular weight excluding hydrogens is 436 g/mol. The molecule has 1 aliphatic rings. The van der Waals surface area contributed by atoms with Gasteiger partial charge in [0.25, 0.3) is 0 Å². The standard InChI is InChI=1S/C27H30O7/c1-17(2)7-9-20-15-18(8-14-22(20)31-4)16-27(26(29)33-6)23(24(32-5)25(28)34-27)19-10-12-21(30-3)13-11-19/h7-8,10-15H,9,16H2,1-6H3/t27-/m1/s1. The van der Waals surface area contributed by atoms with Gasteiger partial charge in [0.05, 0.1) is 34.0 Å². The predicted molar refractivity (Wildman–Crippen MR) is 128 cm³/mol. The van der Waals surface area contributed by atoms with Gasteiger partial charge in [0, 0.05) is 6.42 Å². The number of rotatable bonds is 9. The topological polar surface area (TPSA) is 80.3 Å². The molecule has 1 atom stereocenters. The van der Waals surface area contributed by atoms with E-state index in [0.717, 1.165) is 16.9 Å². The average molecular weight is 467 g/mol. The van der Waals surface area contributed by atoms with E-state index in [1.54, 1.807) is 38.5 Å². The quantitative estimate of drug-likeness (QED) is 0.403. The first-order valence-corrected chi connectivity index (χ1v) is 10.8. The van der Waals surface area contributed by atoms with Crippen LogP contribution in [0.15, 0.2) is 59.9 Å². The Labute approximate surface area is 199 Å². The number of benzene rings is 2. The van der Waals surface area contributed by atoms with Crippen molar-refractivity contribution in [3.8, 4) is 11.5 Å². The van der Waals surface area contributed by atoms with Crippen molar-refractivity contribution in [3.05, 3.63) is 76.6 Å². The first-order valence-electron chi connectivity index (χ1n) is 10.8. The highest BCUT2D eigenvalue weighted by Crippen LogP contribution is 2.44. The molecule has 0 saturated carbocycles. The first-order chi connectivity index (χ1) is 16.3. The summed E-state index contributed by atoms with van der Waals surface area (Å²) in [5.74, 6) is -0.0807. The van der Waals surface area contributed by atoms with E-state index in [1.165, 1.54) is 19.8 Å². The maximum atomic E-state index is 13.2. The second-order valence-electron chi connectivity index (χ2n) is 8.15. The minimum Gasteiger partial charge on any atom is -0.497 e. The van der Waals surface area contributed by atoms with Gasteiger partial charge in [-0.2, -0.15) is 0 Å². The Bertz CT molecular complexity index is 1120. The van der Waals surface area contributed by atoms with Crippen LogP contribution in [0, 0.1) is 0 Å². The zero-order chi connectivity index (χ0) is 24.9. The van der Waals surface area contributed by atoms with Gasteiger partial charge >= 0.3 is 11.9 Å². The summed E-state index contributed by atoms with van der Waals surface area (Å²) in [5, 5.41) is 0. The molecule has 0 radical (unpaired) electrons. The van der Waals surface area contributed by atoms with Gasteiger partial charge in [0.1, 0.15) is 11.5 Å². The molecule has 2 aromatic rings. The van der Waals surface area contributed by atoms with E-state index < -0.39 is 17.5 Å². The molecule has 0 spiro atoms. The number of carbonyl (C=O) groups excluding carboxylic acids is 2. The molecule has 0 unspecified atom stereocenters. The number of hydrogen-bond donors (Lipinski definition) is 0. The van der Waals surface area contributed by atoms with Crippen molar-refractivity contribution in [1.29, 1.82) is 0 Å². The third kappa shape index (κ3) is 4.78. The van der Waals surface area contributed by atoms with Crippen molar-refractivity contribution < 1.29 is 33.3 Å². The van der Waals surface area contributed by atoms with Crippen LogP contribution in [0.1, 0.15) is 30.5 Å². The molecule has 34 heavy (non-hydrogen) atoms. The lowest BCUT2D eigenvalue weighted by molar-refractivity contribution is -0.169. The van der Waals surface area contributed by atoms with Crippen molar-refractivity contribution in [2.75, 3.05) is 28.4 Å². The molecule has 7 nitrogen and oxygen atoms in total. The summed E-state index contributed by atoms with van der Waals surface area (Å²) in [6, 6.07) is 12.6. The maximum absolute atomic E-state index is 13.2. The molecule has 3 rings (SSSR count). The number of carbonyl (C=O) groups is 2. The number of ether oxygens (including phenoxy) is 5. The summed E-state index contributed by atoms with van der Waals surface area (Å²) >= 11 is 0. The Morgan fingerprint density at radius 3 is 2.24 bits per heavy atom. The van der Waals surface area contributed by atoms with Crippen molar-refractivity contribution in [2.24, 2.45) is 0 Å². The van der Waals surface area contributed by atoms with Crippen LogP contribution in [0.25, 0.3) is 5.57 Å². The molecule has 0 aliphatic carbocycles. The van der Waals surface area contributed by atoms with Crippen molar-refractivity contribution >= 4 is 17.5 Å². The van der Waals surface area contributed by atoms with Gasteiger partial charge in [-0.15, -0.1) is 0 Å². The van der Waals surface area contributed by atoms with E-state index in [1.807, 2.05) is 32.0 Å². The highest BCUT2D eigenvalue weighted by molar-refractivity contribution is 6.11. The van der Waals surface area contributed by atoms with Crippen molar-refractivity contribution in [2.45, 2.75) is 32.3 Å². The number of esters is 2. The van der Waals surface area contributed by atoms with Gasteiger partial charge in [-0.05, 0) is 55.2 Å². The molecule has 0 amide bonds. The lowest BCUT2D eigenvalue weighted by atomic mass is 9.83. The van der Waals surface area contributed by atoms with Gasteiger partial charge in [0.2, 0.25) is 11.4 Å². The Balaban J connectivity index is 2.15. The number of hydrogen-bond acceptors (Lipinski definition) is 7. The molecule has 180 valence electrons. The molecule has 0 bridgehead atoms. The van der Waals surface area contributed by atoms with Gasteiger partial charge in [-0.3, -0.25) is 0 Å². The molecular formula is C27H30O7. The van der Waals surface area contributed by atoms with Crippen LogP contribution in [0.3, 0.4) is 0 Å². The number of methoxy groups -OCH3 is 4. The fourth-order valence-electron chi connectivity index (χ4n) is 4.06. The molecule has 0 fully saturated rings. The number of allylic oxidation sites excluding steroid dienone is 2. The molecule has 1 heterocycles. The summed E-state index contributed by atoms with van der Waals surface area (Å²) in [7, 11) is 5.82. The average Bonchev–Trinajstić information content (AvgIpc) is 3.13. The fourth-order valence-corrected chi connectivity index (χ4v) is 4.06. The van der Waals surface area contributed by atoms with Crippen LogP contribution in [0.2, 0.25) is 0 Å². The lowest BCUT2D eigenvalue weighted by Crippen LogP contribution is -2.44. The van der Waals surface area contributed by atoms with E-state index >= 15 is 0 Å². The second-order valence-corrected chi connectivity index (χ2v) is 8.15.